The second kappa shape index (κ2) is 5.52. The maximum Gasteiger partial charge on any atom is 0.407 e. The summed E-state index contributed by atoms with van der Waals surface area (Å²) in [6, 6.07) is 0. The minimum absolute atomic E-state index is 0.388. The molecule has 0 aliphatic carbocycles. The maximum absolute atomic E-state index is 11.1. The Morgan fingerprint density at radius 2 is 1.79 bits per heavy atom. The van der Waals surface area contributed by atoms with Gasteiger partial charge in [-0.2, -0.15) is 0 Å². The summed E-state index contributed by atoms with van der Waals surface area (Å²) in [6.45, 7) is 12.2. The van der Waals surface area contributed by atoms with Crippen molar-refractivity contribution in [2.75, 3.05) is 13.1 Å². The topological polar surface area (TPSA) is 50.4 Å². The quantitative estimate of drug-likeness (QED) is 0.678. The van der Waals surface area contributed by atoms with Crippen LogP contribution >= 0.6 is 0 Å². The summed E-state index contributed by atoms with van der Waals surface area (Å²) >= 11 is 0. The van der Waals surface area contributed by atoms with Crippen LogP contribution < -0.4 is 10.6 Å². The summed E-state index contributed by atoms with van der Waals surface area (Å²) in [5, 5.41) is 5.63. The van der Waals surface area contributed by atoms with E-state index in [2.05, 4.69) is 17.2 Å². The number of nitrogens with one attached hydrogen (secondary N) is 2. The molecule has 0 aromatic carbocycles. The third-order valence-corrected chi connectivity index (χ3v) is 1.22. The van der Waals surface area contributed by atoms with Gasteiger partial charge in [-0.3, -0.25) is 0 Å². The average Bonchev–Trinajstić information content (AvgIpc) is 1.94. The highest BCUT2D eigenvalue weighted by Gasteiger charge is 2.15. The van der Waals surface area contributed by atoms with Crippen LogP contribution in [0.2, 0.25) is 0 Å². The van der Waals surface area contributed by atoms with E-state index in [1.807, 2.05) is 27.7 Å². The highest BCUT2D eigenvalue weighted by atomic mass is 16.6. The fraction of sp³-hybridized carbons (Fsp3) is 0.700. The molecule has 2 N–H and O–H groups in total. The zero-order chi connectivity index (χ0) is 11.2. The molecular formula is C10H20N2O2. The van der Waals surface area contributed by atoms with Crippen molar-refractivity contribution >= 4 is 6.09 Å². The zero-order valence-electron chi connectivity index (χ0n) is 9.44. The lowest BCUT2D eigenvalue weighted by Gasteiger charge is -2.19. The van der Waals surface area contributed by atoms with Crippen molar-refractivity contribution in [2.24, 2.45) is 0 Å². The summed E-state index contributed by atoms with van der Waals surface area (Å²) in [5.41, 5.74) is 0.447. The Morgan fingerprint density at radius 3 is 2.21 bits per heavy atom. The Kier molecular flexibility index (Phi) is 5.05. The van der Waals surface area contributed by atoms with Gasteiger partial charge in [0.1, 0.15) is 5.60 Å². The molecule has 4 heteroatoms. The molecule has 0 atom stereocenters. The van der Waals surface area contributed by atoms with Crippen LogP contribution in [0.15, 0.2) is 12.3 Å². The van der Waals surface area contributed by atoms with Crippen molar-refractivity contribution in [1.82, 2.24) is 10.6 Å². The van der Waals surface area contributed by atoms with Crippen molar-refractivity contribution in [2.45, 2.75) is 33.3 Å². The molecule has 0 saturated carbocycles. The molecule has 0 aliphatic heterocycles. The summed E-state index contributed by atoms with van der Waals surface area (Å²) < 4.78 is 5.04. The Bertz CT molecular complexity index is 207. The third kappa shape index (κ3) is 8.90. The largest absolute Gasteiger partial charge is 0.444 e. The Balaban J connectivity index is 3.50. The summed E-state index contributed by atoms with van der Waals surface area (Å²) in [7, 11) is 0. The summed E-state index contributed by atoms with van der Waals surface area (Å²) in [4.78, 5) is 11.1. The number of allylic oxidation sites excluding steroid dienone is 1. The van der Waals surface area contributed by atoms with Gasteiger partial charge in [-0.05, 0) is 27.7 Å². The second-order valence-corrected chi connectivity index (χ2v) is 4.14. The van der Waals surface area contributed by atoms with Gasteiger partial charge in [0.2, 0.25) is 0 Å². The first-order chi connectivity index (χ1) is 6.31. The zero-order valence-corrected chi connectivity index (χ0v) is 9.44. The Hall–Kier alpha value is -1.19. The highest BCUT2D eigenvalue weighted by molar-refractivity contribution is 5.67. The van der Waals surface area contributed by atoms with E-state index in [1.165, 1.54) is 0 Å². The van der Waals surface area contributed by atoms with Gasteiger partial charge >= 0.3 is 6.09 Å². The molecule has 0 unspecified atom stereocenters. The maximum atomic E-state index is 11.1. The van der Waals surface area contributed by atoms with E-state index in [0.717, 1.165) is 5.70 Å². The highest BCUT2D eigenvalue weighted by Crippen LogP contribution is 2.05. The molecule has 0 heterocycles. The Labute approximate surface area is 85.7 Å². The van der Waals surface area contributed by atoms with Gasteiger partial charge in [-0.15, -0.1) is 0 Å². The molecule has 0 aromatic heterocycles. The second-order valence-electron chi connectivity index (χ2n) is 4.14. The molecule has 4 nitrogen and oxygen atoms in total. The Morgan fingerprint density at radius 1 is 1.29 bits per heavy atom. The van der Waals surface area contributed by atoms with Crippen LogP contribution in [-0.2, 0) is 4.74 Å². The molecule has 0 aromatic rings. The minimum atomic E-state index is -0.439. The van der Waals surface area contributed by atoms with E-state index in [-0.39, 0.29) is 6.09 Å². The first-order valence-corrected chi connectivity index (χ1v) is 4.67. The van der Waals surface area contributed by atoms with Gasteiger partial charge in [0.05, 0.1) is 0 Å². The SMILES string of the molecule is C=C(C)NCCNC(=O)OC(C)(C)C. The van der Waals surface area contributed by atoms with Crippen LogP contribution in [0.4, 0.5) is 4.79 Å². The van der Waals surface area contributed by atoms with Crippen LogP contribution in [0, 0.1) is 0 Å². The predicted molar refractivity (Wildman–Crippen MR) is 57.1 cm³/mol. The van der Waals surface area contributed by atoms with E-state index < -0.39 is 5.60 Å². The number of alkyl carbamates (subject to hydrolysis) is 1. The number of hydrogen-bond donors (Lipinski definition) is 2. The molecule has 0 rings (SSSR count). The molecule has 0 bridgehead atoms. The molecule has 0 saturated heterocycles. The summed E-state index contributed by atoms with van der Waals surface area (Å²) in [6.07, 6.45) is -0.388. The van der Waals surface area contributed by atoms with Gasteiger partial charge < -0.3 is 15.4 Å². The van der Waals surface area contributed by atoms with Crippen LogP contribution in [0.25, 0.3) is 0 Å². The molecule has 0 fully saturated rings. The normalized spacial score (nSPS) is 10.6. The lowest BCUT2D eigenvalue weighted by atomic mass is 10.2. The predicted octanol–water partition coefficient (Wildman–Crippen LogP) is 1.63. The number of carbonyl (C=O) groups excluding carboxylic acids is 1. The number of ether oxygens (including phenoxy) is 1. The molecule has 0 aliphatic rings. The van der Waals surface area contributed by atoms with Crippen LogP contribution in [-0.4, -0.2) is 24.8 Å². The number of rotatable bonds is 4. The van der Waals surface area contributed by atoms with Gasteiger partial charge in [0.15, 0.2) is 0 Å². The van der Waals surface area contributed by atoms with E-state index in [4.69, 9.17) is 4.74 Å². The van der Waals surface area contributed by atoms with Gasteiger partial charge in [0.25, 0.3) is 0 Å². The molecule has 0 spiro atoms. The lowest BCUT2D eigenvalue weighted by Crippen LogP contribution is -2.36. The lowest BCUT2D eigenvalue weighted by molar-refractivity contribution is 0.0528. The monoisotopic (exact) mass is 200 g/mol. The van der Waals surface area contributed by atoms with Crippen molar-refractivity contribution in [3.63, 3.8) is 0 Å². The molecule has 82 valence electrons. The standard InChI is InChI=1S/C10H20N2O2/c1-8(2)11-6-7-12-9(13)14-10(3,4)5/h11H,1,6-7H2,2-5H3,(H,12,13). The van der Waals surface area contributed by atoms with Crippen molar-refractivity contribution in [3.05, 3.63) is 12.3 Å². The summed E-state index contributed by atoms with van der Waals surface area (Å²) in [5.74, 6) is 0. The van der Waals surface area contributed by atoms with Crippen LogP contribution in [0.1, 0.15) is 27.7 Å². The van der Waals surface area contributed by atoms with Crippen molar-refractivity contribution < 1.29 is 9.53 Å². The van der Waals surface area contributed by atoms with E-state index in [1.54, 1.807) is 0 Å². The number of hydrogen-bond acceptors (Lipinski definition) is 3. The van der Waals surface area contributed by atoms with E-state index >= 15 is 0 Å². The average molecular weight is 200 g/mol. The van der Waals surface area contributed by atoms with Crippen LogP contribution in [0.5, 0.6) is 0 Å². The van der Waals surface area contributed by atoms with Gasteiger partial charge in [0, 0.05) is 18.8 Å². The fourth-order valence-corrected chi connectivity index (χ4v) is 0.755. The molecular weight excluding hydrogens is 180 g/mol. The number of carbonyl (C=O) groups is 1. The first kappa shape index (κ1) is 12.8. The third-order valence-electron chi connectivity index (χ3n) is 1.22. The number of amides is 1. The first-order valence-electron chi connectivity index (χ1n) is 4.67. The van der Waals surface area contributed by atoms with Gasteiger partial charge in [-0.25, -0.2) is 4.79 Å². The van der Waals surface area contributed by atoms with Crippen molar-refractivity contribution in [3.8, 4) is 0 Å². The minimum Gasteiger partial charge on any atom is -0.444 e. The van der Waals surface area contributed by atoms with E-state index in [9.17, 15) is 4.79 Å². The van der Waals surface area contributed by atoms with E-state index in [0.29, 0.717) is 13.1 Å². The fourth-order valence-electron chi connectivity index (χ4n) is 0.755. The van der Waals surface area contributed by atoms with Crippen LogP contribution in [0.3, 0.4) is 0 Å². The smallest absolute Gasteiger partial charge is 0.407 e. The van der Waals surface area contributed by atoms with Crippen molar-refractivity contribution in [1.29, 1.82) is 0 Å². The van der Waals surface area contributed by atoms with Gasteiger partial charge in [-0.1, -0.05) is 6.58 Å². The molecule has 0 radical (unpaired) electrons. The molecule has 14 heavy (non-hydrogen) atoms. The molecule has 1 amide bonds.